The molecule has 136 valence electrons. The molecule has 1 rings (SSSR count). The first-order valence-electron chi connectivity index (χ1n) is 7.53. The maximum atomic E-state index is 9.10. The van der Waals surface area contributed by atoms with Crippen molar-refractivity contribution in [1.29, 1.82) is 0 Å². The normalized spacial score (nSPS) is 9.79. The lowest BCUT2D eigenvalue weighted by Crippen LogP contribution is -2.26. The van der Waals surface area contributed by atoms with Gasteiger partial charge in [0.1, 0.15) is 12.4 Å². The Labute approximate surface area is 141 Å². The van der Waals surface area contributed by atoms with E-state index in [1.54, 1.807) is 0 Å². The number of aryl methyl sites for hydroxylation is 2. The first-order chi connectivity index (χ1) is 11.4. The lowest BCUT2D eigenvalue weighted by Gasteiger charge is -2.12. The highest BCUT2D eigenvalue weighted by Crippen LogP contribution is 2.21. The molecule has 0 heterocycles. The third-order valence-corrected chi connectivity index (χ3v) is 2.81. The highest BCUT2D eigenvalue weighted by molar-refractivity contribution is 6.27. The predicted molar refractivity (Wildman–Crippen MR) is 89.4 cm³/mol. The molecular weight excluding hydrogens is 316 g/mol. The van der Waals surface area contributed by atoms with E-state index in [0.717, 1.165) is 18.8 Å². The van der Waals surface area contributed by atoms with Crippen LogP contribution >= 0.6 is 0 Å². The first-order valence-corrected chi connectivity index (χ1v) is 7.53. The van der Waals surface area contributed by atoms with Gasteiger partial charge in [-0.1, -0.05) is 18.2 Å². The first kappa shape index (κ1) is 21.8. The van der Waals surface area contributed by atoms with Gasteiger partial charge >= 0.3 is 11.9 Å². The second-order valence-electron chi connectivity index (χ2n) is 4.83. The number of para-hydroxylation sites is 1. The van der Waals surface area contributed by atoms with Crippen molar-refractivity contribution >= 4 is 11.9 Å². The topological polar surface area (TPSA) is 131 Å². The van der Waals surface area contributed by atoms with Gasteiger partial charge in [-0.3, -0.25) is 0 Å². The molecule has 0 amide bonds. The summed E-state index contributed by atoms with van der Waals surface area (Å²) in [7, 11) is 0. The number of hydrogen-bond acceptors (Lipinski definition) is 6. The van der Waals surface area contributed by atoms with E-state index < -0.39 is 11.9 Å². The van der Waals surface area contributed by atoms with Crippen molar-refractivity contribution in [2.45, 2.75) is 13.8 Å². The van der Waals surface area contributed by atoms with Crippen molar-refractivity contribution in [3.05, 3.63) is 29.3 Å². The Balaban J connectivity index is 0.000000754. The lowest BCUT2D eigenvalue weighted by molar-refractivity contribution is -0.159. The van der Waals surface area contributed by atoms with Gasteiger partial charge in [-0.15, -0.1) is 0 Å². The average molecular weight is 342 g/mol. The minimum atomic E-state index is -1.82. The quantitative estimate of drug-likeness (QED) is 0.375. The molecule has 1 aromatic rings. The molecule has 0 atom stereocenters. The van der Waals surface area contributed by atoms with E-state index in [9.17, 15) is 0 Å². The lowest BCUT2D eigenvalue weighted by atomic mass is 10.1. The zero-order valence-corrected chi connectivity index (χ0v) is 14.1. The van der Waals surface area contributed by atoms with Gasteiger partial charge in [0.15, 0.2) is 0 Å². The minimum absolute atomic E-state index is 0.586. The number of rotatable bonds is 9. The van der Waals surface area contributed by atoms with Crippen molar-refractivity contribution in [2.75, 3.05) is 39.5 Å². The van der Waals surface area contributed by atoms with Gasteiger partial charge in [0.05, 0.1) is 13.2 Å². The van der Waals surface area contributed by atoms with Crippen LogP contribution in [0.3, 0.4) is 0 Å². The molecule has 0 aliphatic heterocycles. The summed E-state index contributed by atoms with van der Waals surface area (Å²) >= 11 is 0. The van der Waals surface area contributed by atoms with Crippen LogP contribution < -0.4 is 15.8 Å². The van der Waals surface area contributed by atoms with Crippen LogP contribution in [0.2, 0.25) is 0 Å². The number of carboxylic acid groups (broad SMARTS) is 2. The summed E-state index contributed by atoms with van der Waals surface area (Å²) in [6.07, 6.45) is 0. The standard InChI is InChI=1S/C14H24N2O2.C2H2O4/c1-12-4-3-5-13(2)14(12)18-11-10-17-9-8-16-7-6-15;3-1(4)2(5)6/h3-5,16H,6-11,15H2,1-2H3;(H,3,4)(H,5,6). The number of hydrogen-bond donors (Lipinski definition) is 4. The number of ether oxygens (including phenoxy) is 2. The Morgan fingerprint density at radius 2 is 1.62 bits per heavy atom. The van der Waals surface area contributed by atoms with Crippen LogP contribution in [0.1, 0.15) is 11.1 Å². The summed E-state index contributed by atoms with van der Waals surface area (Å²) in [4.78, 5) is 18.2. The highest BCUT2D eigenvalue weighted by Gasteiger charge is 2.04. The van der Waals surface area contributed by atoms with Gasteiger partial charge in [0.2, 0.25) is 0 Å². The van der Waals surface area contributed by atoms with E-state index in [1.807, 2.05) is 6.07 Å². The Kier molecular flexibility index (Phi) is 12.1. The fourth-order valence-corrected chi connectivity index (χ4v) is 1.70. The van der Waals surface area contributed by atoms with E-state index in [2.05, 4.69) is 31.3 Å². The second-order valence-corrected chi connectivity index (χ2v) is 4.83. The molecule has 8 nitrogen and oxygen atoms in total. The molecule has 0 aromatic heterocycles. The van der Waals surface area contributed by atoms with Crippen molar-refractivity contribution in [3.63, 3.8) is 0 Å². The third kappa shape index (κ3) is 10.5. The van der Waals surface area contributed by atoms with Crippen LogP contribution in [-0.2, 0) is 14.3 Å². The van der Waals surface area contributed by atoms with E-state index >= 15 is 0 Å². The molecule has 5 N–H and O–H groups in total. The van der Waals surface area contributed by atoms with Crippen LogP contribution in [0.5, 0.6) is 5.75 Å². The molecule has 0 spiro atoms. The summed E-state index contributed by atoms with van der Waals surface area (Å²) in [5, 5.41) is 18.0. The van der Waals surface area contributed by atoms with Gasteiger partial charge < -0.3 is 30.7 Å². The predicted octanol–water partition coefficient (Wildman–Crippen LogP) is 0.403. The molecule has 1 aromatic carbocycles. The van der Waals surface area contributed by atoms with Crippen LogP contribution in [0.4, 0.5) is 0 Å². The summed E-state index contributed by atoms with van der Waals surface area (Å²) in [6, 6.07) is 6.15. The third-order valence-electron chi connectivity index (χ3n) is 2.81. The molecular formula is C16H26N2O6. The van der Waals surface area contributed by atoms with Gasteiger partial charge in [0.25, 0.3) is 0 Å². The summed E-state index contributed by atoms with van der Waals surface area (Å²) in [6.45, 7) is 8.33. The van der Waals surface area contributed by atoms with Crippen molar-refractivity contribution in [3.8, 4) is 5.75 Å². The molecule has 0 radical (unpaired) electrons. The number of nitrogens with one attached hydrogen (secondary N) is 1. The highest BCUT2D eigenvalue weighted by atomic mass is 16.5. The Morgan fingerprint density at radius 1 is 1.04 bits per heavy atom. The molecule has 0 saturated carbocycles. The molecule has 0 aliphatic carbocycles. The number of carbonyl (C=O) groups is 2. The Bertz CT molecular complexity index is 475. The molecule has 0 unspecified atom stereocenters. The molecule has 0 bridgehead atoms. The Hall–Kier alpha value is -2.16. The second kappa shape index (κ2) is 13.3. The number of benzene rings is 1. The number of nitrogens with two attached hydrogens (primary N) is 1. The maximum Gasteiger partial charge on any atom is 0.414 e. The average Bonchev–Trinajstić information content (AvgIpc) is 2.53. The number of carboxylic acids is 2. The smallest absolute Gasteiger partial charge is 0.414 e. The van der Waals surface area contributed by atoms with Gasteiger partial charge in [-0.2, -0.15) is 0 Å². The summed E-state index contributed by atoms with van der Waals surface area (Å²) in [5.41, 5.74) is 7.69. The SMILES string of the molecule is Cc1cccc(C)c1OCCOCCNCCN.O=C(O)C(=O)O. The number of aliphatic carboxylic acids is 2. The minimum Gasteiger partial charge on any atom is -0.491 e. The van der Waals surface area contributed by atoms with E-state index in [0.29, 0.717) is 26.4 Å². The van der Waals surface area contributed by atoms with Crippen LogP contribution in [0.25, 0.3) is 0 Å². The van der Waals surface area contributed by atoms with E-state index in [1.165, 1.54) is 11.1 Å². The molecule has 8 heteroatoms. The van der Waals surface area contributed by atoms with Crippen LogP contribution in [0, 0.1) is 13.8 Å². The zero-order chi connectivity index (χ0) is 18.4. The van der Waals surface area contributed by atoms with Gasteiger partial charge in [0, 0.05) is 19.6 Å². The van der Waals surface area contributed by atoms with Crippen molar-refractivity contribution < 1.29 is 29.3 Å². The van der Waals surface area contributed by atoms with Gasteiger partial charge in [-0.25, -0.2) is 9.59 Å². The van der Waals surface area contributed by atoms with Crippen LogP contribution in [-0.4, -0.2) is 61.6 Å². The van der Waals surface area contributed by atoms with E-state index in [4.69, 9.17) is 35.0 Å². The monoisotopic (exact) mass is 342 g/mol. The largest absolute Gasteiger partial charge is 0.491 e. The molecule has 24 heavy (non-hydrogen) atoms. The summed E-state index contributed by atoms with van der Waals surface area (Å²) in [5.74, 6) is -2.67. The molecule has 0 saturated heterocycles. The van der Waals surface area contributed by atoms with Crippen molar-refractivity contribution in [1.82, 2.24) is 5.32 Å². The van der Waals surface area contributed by atoms with Crippen molar-refractivity contribution in [2.24, 2.45) is 5.73 Å². The Morgan fingerprint density at radius 3 is 2.12 bits per heavy atom. The molecule has 0 aliphatic rings. The summed E-state index contributed by atoms with van der Waals surface area (Å²) < 4.78 is 11.2. The van der Waals surface area contributed by atoms with Gasteiger partial charge in [-0.05, 0) is 25.0 Å². The molecule has 0 fully saturated rings. The maximum absolute atomic E-state index is 9.10. The fraction of sp³-hybridized carbons (Fsp3) is 0.500. The zero-order valence-electron chi connectivity index (χ0n) is 14.1. The van der Waals surface area contributed by atoms with E-state index in [-0.39, 0.29) is 0 Å². The fourth-order valence-electron chi connectivity index (χ4n) is 1.70. The van der Waals surface area contributed by atoms with Crippen LogP contribution in [0.15, 0.2) is 18.2 Å².